The topological polar surface area (TPSA) is 94.2 Å². The zero-order valence-corrected chi connectivity index (χ0v) is 13.8. The summed E-state index contributed by atoms with van der Waals surface area (Å²) in [4.78, 5) is 0. The Morgan fingerprint density at radius 1 is 1.04 bits per heavy atom. The molecule has 0 aromatic heterocycles. The Balaban J connectivity index is 2.10. The summed E-state index contributed by atoms with van der Waals surface area (Å²) in [6, 6.07) is 16.9. The maximum atomic E-state index is 12.0. The van der Waals surface area contributed by atoms with Gasteiger partial charge in [0.25, 0.3) is 0 Å². The summed E-state index contributed by atoms with van der Waals surface area (Å²) in [7, 11) is -3.51. The van der Waals surface area contributed by atoms with E-state index in [2.05, 4.69) is 0 Å². The molecule has 0 unspecified atom stereocenters. The fourth-order valence-corrected chi connectivity index (χ4v) is 2.99. The summed E-state index contributed by atoms with van der Waals surface area (Å²) < 4.78 is 30.7. The van der Waals surface area contributed by atoms with Crippen LogP contribution >= 0.6 is 0 Å². The lowest BCUT2D eigenvalue weighted by Gasteiger charge is -2.22. The molecule has 0 N–H and O–H groups in total. The highest BCUT2D eigenvalue weighted by Gasteiger charge is 2.17. The fraction of sp³-hybridized carbons (Fsp3) is 0.176. The van der Waals surface area contributed by atoms with Crippen molar-refractivity contribution in [1.29, 1.82) is 10.5 Å². The Kier molecular flexibility index (Phi) is 5.41. The molecule has 0 atom stereocenters. The first-order chi connectivity index (χ1) is 11.4. The van der Waals surface area contributed by atoms with Crippen molar-refractivity contribution in [3.05, 3.63) is 59.7 Å². The van der Waals surface area contributed by atoms with Gasteiger partial charge in [-0.25, -0.2) is 8.42 Å². The van der Waals surface area contributed by atoms with Gasteiger partial charge < -0.3 is 4.74 Å². The highest BCUT2D eigenvalue weighted by atomic mass is 32.2. The molecule has 0 aliphatic heterocycles. The second-order valence-electron chi connectivity index (χ2n) is 4.98. The monoisotopic (exact) mass is 341 g/mol. The zero-order chi connectivity index (χ0) is 17.6. The summed E-state index contributed by atoms with van der Waals surface area (Å²) >= 11 is 0. The molecule has 6 nitrogen and oxygen atoms in total. The number of benzene rings is 2. The van der Waals surface area contributed by atoms with Crippen molar-refractivity contribution in [2.75, 3.05) is 23.7 Å². The van der Waals surface area contributed by atoms with Crippen molar-refractivity contribution in [3.63, 3.8) is 0 Å². The van der Waals surface area contributed by atoms with Crippen molar-refractivity contribution in [2.24, 2.45) is 0 Å². The Bertz CT molecular complexity index is 894. The summed E-state index contributed by atoms with van der Waals surface area (Å²) in [5.74, 6) is 0.549. The van der Waals surface area contributed by atoms with Crippen molar-refractivity contribution in [2.45, 2.75) is 0 Å². The third-order valence-electron chi connectivity index (χ3n) is 3.21. The second-order valence-corrected chi connectivity index (χ2v) is 6.89. The molecular formula is C17H15N3O3S. The maximum Gasteiger partial charge on any atom is 0.232 e. The number of hydrogen-bond acceptors (Lipinski definition) is 5. The van der Waals surface area contributed by atoms with Gasteiger partial charge in [0.1, 0.15) is 12.4 Å². The van der Waals surface area contributed by atoms with E-state index in [1.807, 2.05) is 12.1 Å². The predicted octanol–water partition coefficient (Wildman–Crippen LogP) is 2.27. The molecule has 0 aliphatic rings. The van der Waals surface area contributed by atoms with Crippen LogP contribution in [-0.4, -0.2) is 27.8 Å². The van der Waals surface area contributed by atoms with Crippen LogP contribution in [0, 0.1) is 22.7 Å². The first-order valence-corrected chi connectivity index (χ1v) is 8.90. The quantitative estimate of drug-likeness (QED) is 0.803. The Hall–Kier alpha value is -3.03. The van der Waals surface area contributed by atoms with Gasteiger partial charge in [-0.15, -0.1) is 0 Å². The van der Waals surface area contributed by atoms with Crippen molar-refractivity contribution < 1.29 is 13.2 Å². The van der Waals surface area contributed by atoms with E-state index in [-0.39, 0.29) is 13.2 Å². The van der Waals surface area contributed by atoms with Crippen molar-refractivity contribution >= 4 is 15.7 Å². The number of rotatable bonds is 6. The van der Waals surface area contributed by atoms with Crippen LogP contribution in [-0.2, 0) is 10.0 Å². The fourth-order valence-electron chi connectivity index (χ4n) is 2.09. The highest BCUT2D eigenvalue weighted by molar-refractivity contribution is 7.92. The van der Waals surface area contributed by atoms with Gasteiger partial charge in [-0.2, -0.15) is 10.5 Å². The van der Waals surface area contributed by atoms with Crippen LogP contribution in [0.4, 0.5) is 5.69 Å². The standard InChI is InChI=1S/C17H15N3O3S/c1-24(21,22)20(16-4-2-3-15(11-16)13-19)9-10-23-17-7-5-14(12-18)6-8-17/h2-8,11H,9-10H2,1H3. The van der Waals surface area contributed by atoms with E-state index >= 15 is 0 Å². The van der Waals surface area contributed by atoms with E-state index in [1.165, 1.54) is 10.4 Å². The first kappa shape index (κ1) is 17.3. The van der Waals surface area contributed by atoms with Crippen LogP contribution in [0.3, 0.4) is 0 Å². The van der Waals surface area contributed by atoms with Crippen LogP contribution in [0.2, 0.25) is 0 Å². The average molecular weight is 341 g/mol. The molecule has 0 saturated carbocycles. The van der Waals surface area contributed by atoms with Crippen LogP contribution < -0.4 is 9.04 Å². The number of sulfonamides is 1. The van der Waals surface area contributed by atoms with Crippen LogP contribution in [0.1, 0.15) is 11.1 Å². The molecule has 0 saturated heterocycles. The van der Waals surface area contributed by atoms with Gasteiger partial charge in [0.05, 0.1) is 41.8 Å². The largest absolute Gasteiger partial charge is 0.492 e. The van der Waals surface area contributed by atoms with E-state index in [0.717, 1.165) is 6.26 Å². The molecule has 24 heavy (non-hydrogen) atoms. The summed E-state index contributed by atoms with van der Waals surface area (Å²) in [6.45, 7) is 0.240. The van der Waals surface area contributed by atoms with Gasteiger partial charge in [0.2, 0.25) is 10.0 Å². The molecule has 0 spiro atoms. The smallest absolute Gasteiger partial charge is 0.232 e. The molecule has 0 bridgehead atoms. The second kappa shape index (κ2) is 7.49. The lowest BCUT2D eigenvalue weighted by Crippen LogP contribution is -2.33. The van der Waals surface area contributed by atoms with Gasteiger partial charge in [-0.05, 0) is 42.5 Å². The summed E-state index contributed by atoms with van der Waals surface area (Å²) in [6.07, 6.45) is 1.10. The van der Waals surface area contributed by atoms with Gasteiger partial charge >= 0.3 is 0 Å². The normalized spacial score (nSPS) is 10.5. The van der Waals surface area contributed by atoms with E-state index in [0.29, 0.717) is 22.6 Å². The molecule has 122 valence electrons. The van der Waals surface area contributed by atoms with E-state index < -0.39 is 10.0 Å². The molecule has 0 fully saturated rings. The minimum atomic E-state index is -3.51. The number of nitrogens with zero attached hydrogens (tertiary/aromatic N) is 3. The third-order valence-corrected chi connectivity index (χ3v) is 4.40. The number of nitriles is 2. The van der Waals surface area contributed by atoms with E-state index in [9.17, 15) is 8.42 Å². The van der Waals surface area contributed by atoms with Gasteiger partial charge in [-0.1, -0.05) is 6.07 Å². The zero-order valence-electron chi connectivity index (χ0n) is 13.0. The van der Waals surface area contributed by atoms with Crippen molar-refractivity contribution in [3.8, 4) is 17.9 Å². The molecule has 7 heteroatoms. The van der Waals surface area contributed by atoms with Crippen LogP contribution in [0.25, 0.3) is 0 Å². The number of hydrogen-bond donors (Lipinski definition) is 0. The minimum Gasteiger partial charge on any atom is -0.492 e. The minimum absolute atomic E-state index is 0.105. The van der Waals surface area contributed by atoms with Crippen LogP contribution in [0.5, 0.6) is 5.75 Å². The van der Waals surface area contributed by atoms with E-state index in [4.69, 9.17) is 15.3 Å². The Morgan fingerprint density at radius 3 is 2.29 bits per heavy atom. The summed E-state index contributed by atoms with van der Waals surface area (Å²) in [5.41, 5.74) is 1.32. The van der Waals surface area contributed by atoms with E-state index in [1.54, 1.807) is 42.5 Å². The molecule has 0 aliphatic carbocycles. The molecule has 2 aromatic rings. The lowest BCUT2D eigenvalue weighted by molar-refractivity contribution is 0.328. The van der Waals surface area contributed by atoms with Crippen molar-refractivity contribution in [1.82, 2.24) is 0 Å². The predicted molar refractivity (Wildman–Crippen MR) is 90.0 cm³/mol. The SMILES string of the molecule is CS(=O)(=O)N(CCOc1ccc(C#N)cc1)c1cccc(C#N)c1. The van der Waals surface area contributed by atoms with Gasteiger partial charge in [0, 0.05) is 0 Å². The molecular weight excluding hydrogens is 326 g/mol. The highest BCUT2D eigenvalue weighted by Crippen LogP contribution is 2.19. The third kappa shape index (κ3) is 4.48. The van der Waals surface area contributed by atoms with Crippen LogP contribution in [0.15, 0.2) is 48.5 Å². The average Bonchev–Trinajstić information content (AvgIpc) is 2.58. The number of anilines is 1. The number of ether oxygens (including phenoxy) is 1. The summed E-state index contributed by atoms with van der Waals surface area (Å²) in [5, 5.41) is 17.7. The van der Waals surface area contributed by atoms with Gasteiger partial charge in [0.15, 0.2) is 0 Å². The lowest BCUT2D eigenvalue weighted by atomic mass is 10.2. The molecule has 2 aromatic carbocycles. The molecule has 2 rings (SSSR count). The first-order valence-electron chi connectivity index (χ1n) is 7.05. The molecule has 0 heterocycles. The Morgan fingerprint density at radius 2 is 1.71 bits per heavy atom. The molecule has 0 amide bonds. The van der Waals surface area contributed by atoms with Gasteiger partial charge in [-0.3, -0.25) is 4.31 Å². The Labute approximate surface area is 141 Å². The maximum absolute atomic E-state index is 12.0. The molecule has 0 radical (unpaired) electrons.